The number of carbonyl (C=O) groups excluding carboxylic acids is 1. The quantitative estimate of drug-likeness (QED) is 0.397. The van der Waals surface area contributed by atoms with E-state index in [-0.39, 0.29) is 10.8 Å². The molecule has 0 heterocycles. The average molecular weight is 565 g/mol. The van der Waals surface area contributed by atoms with E-state index in [1.54, 1.807) is 36.4 Å². The molecule has 0 aromatic heterocycles. The minimum Gasteiger partial charge on any atom is -0.475 e. The van der Waals surface area contributed by atoms with Gasteiger partial charge in [0, 0.05) is 16.7 Å². The maximum absolute atomic E-state index is 12.5. The van der Waals surface area contributed by atoms with Crippen molar-refractivity contribution in [2.75, 3.05) is 11.3 Å². The van der Waals surface area contributed by atoms with Gasteiger partial charge in [-0.1, -0.05) is 41.4 Å². The number of alkyl halides is 3. The van der Waals surface area contributed by atoms with Crippen LogP contribution >= 0.6 is 15.9 Å². The minimum absolute atomic E-state index is 0.0687. The van der Waals surface area contributed by atoms with Crippen LogP contribution in [0, 0.1) is 0 Å². The molecule has 0 unspecified atom stereocenters. The van der Waals surface area contributed by atoms with Crippen molar-refractivity contribution in [3.63, 3.8) is 0 Å². The van der Waals surface area contributed by atoms with Crippen LogP contribution in [0.15, 0.2) is 57.9 Å². The molecule has 0 atom stereocenters. The van der Waals surface area contributed by atoms with E-state index in [0.717, 1.165) is 35.7 Å². The van der Waals surface area contributed by atoms with Gasteiger partial charge in [0.05, 0.1) is 10.3 Å². The Hall–Kier alpha value is -2.60. The van der Waals surface area contributed by atoms with Gasteiger partial charge in [0.25, 0.3) is 10.0 Å². The second-order valence-electron chi connectivity index (χ2n) is 7.63. The lowest BCUT2D eigenvalue weighted by Crippen LogP contribution is -2.35. The number of hydrogen-bond donors (Lipinski definition) is 3. The summed E-state index contributed by atoms with van der Waals surface area (Å²) in [7, 11) is -3.64. The third kappa shape index (κ3) is 7.45. The van der Waals surface area contributed by atoms with Gasteiger partial charge in [-0.2, -0.15) is 13.2 Å². The van der Waals surface area contributed by atoms with Crippen LogP contribution in [0.5, 0.6) is 0 Å². The van der Waals surface area contributed by atoms with Gasteiger partial charge in [-0.25, -0.2) is 13.2 Å². The number of unbranched alkanes of at least 4 members (excludes halogenated alkanes) is 1. The van der Waals surface area contributed by atoms with Gasteiger partial charge in [0.15, 0.2) is 0 Å². The standard InChI is InChI=1S/C20H23BrN2O3S.C2HF3O2/c1-2-3-14-22-19(24)20(12-13-20)15-4-8-17(9-5-15)23-27(25,26)18-10-6-16(21)7-11-18;3-2(4,5)1(6)7/h4-11,23H,2-3,12-14H2,1H3,(H,22,24);(H,6,7). The van der Waals surface area contributed by atoms with Crippen LogP contribution in [-0.4, -0.2) is 38.1 Å². The third-order valence-corrected chi connectivity index (χ3v) is 6.98. The summed E-state index contributed by atoms with van der Waals surface area (Å²) in [5.41, 5.74) is 0.962. The average Bonchev–Trinajstić information content (AvgIpc) is 3.56. The Bertz CT molecular complexity index is 1100. The number of amides is 1. The monoisotopic (exact) mass is 564 g/mol. The predicted molar refractivity (Wildman–Crippen MR) is 124 cm³/mol. The summed E-state index contributed by atoms with van der Waals surface area (Å²) in [6, 6.07) is 13.6. The van der Waals surface area contributed by atoms with Crippen LogP contribution in [-0.2, 0) is 25.0 Å². The van der Waals surface area contributed by atoms with Crippen molar-refractivity contribution in [1.82, 2.24) is 5.32 Å². The lowest BCUT2D eigenvalue weighted by Gasteiger charge is -2.16. The minimum atomic E-state index is -5.08. The third-order valence-electron chi connectivity index (χ3n) is 5.06. The summed E-state index contributed by atoms with van der Waals surface area (Å²) in [5.74, 6) is -2.69. The highest BCUT2D eigenvalue weighted by atomic mass is 79.9. The largest absolute Gasteiger partial charge is 0.490 e. The highest BCUT2D eigenvalue weighted by Crippen LogP contribution is 2.48. The number of rotatable bonds is 8. The Labute approximate surface area is 203 Å². The molecule has 1 amide bonds. The van der Waals surface area contributed by atoms with Crippen molar-refractivity contribution < 1.29 is 36.3 Å². The summed E-state index contributed by atoms with van der Waals surface area (Å²) in [4.78, 5) is 21.6. The van der Waals surface area contributed by atoms with E-state index in [1.165, 1.54) is 0 Å². The Kier molecular flexibility index (Phi) is 9.12. The summed E-state index contributed by atoms with van der Waals surface area (Å²) < 4.78 is 60.1. The van der Waals surface area contributed by atoms with Gasteiger partial charge in [0.1, 0.15) is 0 Å². The highest BCUT2D eigenvalue weighted by Gasteiger charge is 2.51. The number of hydrogen-bond acceptors (Lipinski definition) is 4. The summed E-state index contributed by atoms with van der Waals surface area (Å²) in [6.07, 6.45) is -1.41. The molecule has 186 valence electrons. The van der Waals surface area contributed by atoms with Crippen LogP contribution in [0.2, 0.25) is 0 Å². The number of carbonyl (C=O) groups is 2. The predicted octanol–water partition coefficient (Wildman–Crippen LogP) is 4.83. The normalized spacial score (nSPS) is 14.4. The first-order valence-electron chi connectivity index (χ1n) is 10.3. The molecule has 2 aromatic rings. The van der Waals surface area contributed by atoms with Crippen LogP contribution in [0.1, 0.15) is 38.2 Å². The summed E-state index contributed by atoms with van der Waals surface area (Å²) in [5, 5.41) is 10.1. The van der Waals surface area contributed by atoms with Crippen molar-refractivity contribution >= 4 is 43.5 Å². The zero-order chi connectivity index (χ0) is 25.6. The number of carboxylic acid groups (broad SMARTS) is 1. The number of carboxylic acids is 1. The van der Waals surface area contributed by atoms with Crippen LogP contribution in [0.3, 0.4) is 0 Å². The molecule has 0 aliphatic heterocycles. The molecule has 3 N–H and O–H groups in total. The molecule has 1 fully saturated rings. The van der Waals surface area contributed by atoms with Gasteiger partial charge in [-0.15, -0.1) is 0 Å². The Morgan fingerprint density at radius 2 is 1.59 bits per heavy atom. The number of anilines is 1. The molecular weight excluding hydrogens is 541 g/mol. The fourth-order valence-electron chi connectivity index (χ4n) is 3.00. The number of halogens is 4. The zero-order valence-corrected chi connectivity index (χ0v) is 20.6. The number of benzene rings is 2. The van der Waals surface area contributed by atoms with Gasteiger partial charge < -0.3 is 10.4 Å². The maximum atomic E-state index is 12.5. The van der Waals surface area contributed by atoms with Gasteiger partial charge >= 0.3 is 12.1 Å². The van der Waals surface area contributed by atoms with Gasteiger partial charge in [-0.05, 0) is 61.2 Å². The van der Waals surface area contributed by atoms with Crippen molar-refractivity contribution in [2.45, 2.75) is 49.1 Å². The smallest absolute Gasteiger partial charge is 0.475 e. The molecule has 1 aliphatic rings. The zero-order valence-electron chi connectivity index (χ0n) is 18.2. The Balaban J connectivity index is 0.000000509. The first-order chi connectivity index (χ1) is 15.8. The number of aliphatic carboxylic acids is 1. The molecule has 1 aliphatic carbocycles. The molecule has 0 radical (unpaired) electrons. The molecule has 3 rings (SSSR count). The summed E-state index contributed by atoms with van der Waals surface area (Å²) >= 11 is 3.29. The Morgan fingerprint density at radius 3 is 2.03 bits per heavy atom. The van der Waals surface area contributed by atoms with E-state index in [9.17, 15) is 26.4 Å². The van der Waals surface area contributed by atoms with Crippen molar-refractivity contribution in [3.05, 3.63) is 58.6 Å². The van der Waals surface area contributed by atoms with Gasteiger partial charge in [0.2, 0.25) is 5.91 Å². The lowest BCUT2D eigenvalue weighted by atomic mass is 9.94. The fraction of sp³-hybridized carbons (Fsp3) is 0.364. The van der Waals surface area contributed by atoms with E-state index in [4.69, 9.17) is 9.90 Å². The molecule has 0 spiro atoms. The molecule has 2 aromatic carbocycles. The SMILES string of the molecule is CCCCNC(=O)C1(c2ccc(NS(=O)(=O)c3ccc(Br)cc3)cc2)CC1.O=C(O)C(F)(F)F. The molecule has 34 heavy (non-hydrogen) atoms. The fourth-order valence-corrected chi connectivity index (χ4v) is 4.33. The van der Waals surface area contributed by atoms with Gasteiger partial charge in [-0.3, -0.25) is 9.52 Å². The topological polar surface area (TPSA) is 113 Å². The van der Waals surface area contributed by atoms with Crippen LogP contribution in [0.25, 0.3) is 0 Å². The first-order valence-corrected chi connectivity index (χ1v) is 12.6. The number of sulfonamides is 1. The molecule has 0 saturated heterocycles. The second kappa shape index (κ2) is 11.2. The van der Waals surface area contributed by atoms with Crippen molar-refractivity contribution in [2.24, 2.45) is 0 Å². The van der Waals surface area contributed by atoms with E-state index in [0.29, 0.717) is 12.2 Å². The van der Waals surface area contributed by atoms with Crippen molar-refractivity contribution in [1.29, 1.82) is 0 Å². The molecule has 1 saturated carbocycles. The molecule has 12 heteroatoms. The van der Waals surface area contributed by atoms with Crippen LogP contribution < -0.4 is 10.0 Å². The Morgan fingerprint density at radius 1 is 1.06 bits per heavy atom. The van der Waals surface area contributed by atoms with E-state index < -0.39 is 27.6 Å². The lowest BCUT2D eigenvalue weighted by molar-refractivity contribution is -0.192. The number of nitrogens with one attached hydrogen (secondary N) is 2. The molecule has 0 bridgehead atoms. The summed E-state index contributed by atoms with van der Waals surface area (Å²) in [6.45, 7) is 2.79. The molecular formula is C22H24BrF3N2O5S. The van der Waals surface area contributed by atoms with E-state index in [1.807, 2.05) is 12.1 Å². The van der Waals surface area contributed by atoms with Crippen molar-refractivity contribution in [3.8, 4) is 0 Å². The first kappa shape index (κ1) is 27.6. The maximum Gasteiger partial charge on any atom is 0.490 e. The van der Waals surface area contributed by atoms with E-state index >= 15 is 0 Å². The molecule has 7 nitrogen and oxygen atoms in total. The second-order valence-corrected chi connectivity index (χ2v) is 10.2. The van der Waals surface area contributed by atoms with Crippen LogP contribution in [0.4, 0.5) is 18.9 Å². The highest BCUT2D eigenvalue weighted by molar-refractivity contribution is 9.10. The van der Waals surface area contributed by atoms with E-state index in [2.05, 4.69) is 32.9 Å².